The summed E-state index contributed by atoms with van der Waals surface area (Å²) >= 11 is 6.97. The van der Waals surface area contributed by atoms with Crippen LogP contribution >= 0.6 is 22.9 Å². The van der Waals surface area contributed by atoms with Gasteiger partial charge in [-0.1, -0.05) is 24.9 Å². The van der Waals surface area contributed by atoms with Gasteiger partial charge in [-0.25, -0.2) is 8.42 Å². The highest BCUT2D eigenvalue weighted by Crippen LogP contribution is 2.32. The Morgan fingerprint density at radius 3 is 2.50 bits per heavy atom. The molecule has 0 radical (unpaired) electrons. The van der Waals surface area contributed by atoms with E-state index in [2.05, 4.69) is 10.2 Å². The third-order valence-corrected chi connectivity index (χ3v) is 9.54. The van der Waals surface area contributed by atoms with E-state index in [-0.39, 0.29) is 17.7 Å². The summed E-state index contributed by atoms with van der Waals surface area (Å²) < 4.78 is 27.7. The lowest BCUT2D eigenvalue weighted by Gasteiger charge is -2.33. The lowest BCUT2D eigenvalue weighted by Crippen LogP contribution is -2.44. The molecule has 0 saturated carbocycles. The first-order valence-electron chi connectivity index (χ1n) is 10.1. The van der Waals surface area contributed by atoms with Gasteiger partial charge in [0.2, 0.25) is 5.91 Å². The van der Waals surface area contributed by atoms with Crippen molar-refractivity contribution in [2.24, 2.45) is 11.8 Å². The highest BCUT2D eigenvalue weighted by Gasteiger charge is 2.34. The molecule has 2 aliphatic heterocycles. The molecule has 1 atom stereocenters. The molecule has 2 saturated heterocycles. The van der Waals surface area contributed by atoms with Crippen molar-refractivity contribution in [1.29, 1.82) is 0 Å². The van der Waals surface area contributed by atoms with Crippen molar-refractivity contribution in [2.75, 3.05) is 39.3 Å². The first kappa shape index (κ1) is 22.0. The molecule has 158 valence electrons. The average Bonchev–Trinajstić information content (AvgIpc) is 3.15. The van der Waals surface area contributed by atoms with E-state index in [0.717, 1.165) is 31.0 Å². The highest BCUT2D eigenvalue weighted by atomic mass is 35.5. The number of hydrogen-bond donors (Lipinski definition) is 1. The van der Waals surface area contributed by atoms with Crippen LogP contribution in [0.4, 0.5) is 0 Å². The van der Waals surface area contributed by atoms with Crippen molar-refractivity contribution in [3.05, 3.63) is 16.5 Å². The van der Waals surface area contributed by atoms with Crippen LogP contribution in [0.1, 0.15) is 39.0 Å². The van der Waals surface area contributed by atoms with E-state index in [1.165, 1.54) is 23.6 Å². The number of sulfonamides is 1. The van der Waals surface area contributed by atoms with E-state index in [1.807, 2.05) is 6.92 Å². The molecule has 1 aromatic heterocycles. The summed E-state index contributed by atoms with van der Waals surface area (Å²) in [6.45, 7) is 6.74. The number of amides is 1. The molecular weight excluding hydrogens is 418 g/mol. The molecular formula is C19H30ClN3O3S2. The van der Waals surface area contributed by atoms with Crippen LogP contribution in [-0.4, -0.2) is 62.8 Å². The van der Waals surface area contributed by atoms with Gasteiger partial charge in [-0.05, 0) is 56.8 Å². The number of nitrogens with zero attached hydrogens (tertiary/aromatic N) is 2. The first-order chi connectivity index (χ1) is 13.4. The summed E-state index contributed by atoms with van der Waals surface area (Å²) in [6.07, 6.45) is 5.24. The van der Waals surface area contributed by atoms with Crippen molar-refractivity contribution < 1.29 is 13.2 Å². The molecule has 0 spiro atoms. The Balaban J connectivity index is 1.44. The number of nitrogens with one attached hydrogen (secondary N) is 1. The number of rotatable bonds is 7. The molecule has 1 amide bonds. The Morgan fingerprint density at radius 2 is 1.89 bits per heavy atom. The number of thiophene rings is 1. The smallest absolute Gasteiger partial charge is 0.252 e. The Morgan fingerprint density at radius 1 is 1.21 bits per heavy atom. The van der Waals surface area contributed by atoms with E-state index in [0.29, 0.717) is 41.0 Å². The maximum Gasteiger partial charge on any atom is 0.252 e. The van der Waals surface area contributed by atoms with Gasteiger partial charge < -0.3 is 10.2 Å². The SMILES string of the molecule is C[C@@H](C(=O)NCCN1CCCCC1)C1CCN(S(=O)(=O)c2ccc(Cl)s2)CC1. The zero-order valence-corrected chi connectivity index (χ0v) is 18.8. The molecule has 3 heterocycles. The fraction of sp³-hybridized carbons (Fsp3) is 0.737. The topological polar surface area (TPSA) is 69.7 Å². The molecule has 2 fully saturated rings. The standard InChI is InChI=1S/C19H30ClN3O3S2/c1-15(19(24)21-9-14-22-10-3-2-4-11-22)16-7-12-23(13-8-16)28(25,26)18-6-5-17(20)27-18/h5-6,15-16H,2-4,7-14H2,1H3,(H,21,24)/t15-/m1/s1. The third-order valence-electron chi connectivity index (χ3n) is 5.94. The van der Waals surface area contributed by atoms with Crippen LogP contribution in [-0.2, 0) is 14.8 Å². The van der Waals surface area contributed by atoms with Crippen LogP contribution in [0.3, 0.4) is 0 Å². The fourth-order valence-electron chi connectivity index (χ4n) is 4.07. The molecule has 0 unspecified atom stereocenters. The maximum atomic E-state index is 12.7. The van der Waals surface area contributed by atoms with Crippen LogP contribution in [0.25, 0.3) is 0 Å². The molecule has 0 aromatic carbocycles. The lowest BCUT2D eigenvalue weighted by atomic mass is 9.85. The number of hydrogen-bond acceptors (Lipinski definition) is 5. The van der Waals surface area contributed by atoms with Gasteiger partial charge in [0, 0.05) is 32.1 Å². The van der Waals surface area contributed by atoms with E-state index < -0.39 is 10.0 Å². The minimum absolute atomic E-state index is 0.0864. The maximum absolute atomic E-state index is 12.7. The normalized spacial score (nSPS) is 21.5. The number of halogens is 1. The van der Waals surface area contributed by atoms with E-state index in [4.69, 9.17) is 11.6 Å². The molecule has 1 aromatic rings. The number of carbonyl (C=O) groups is 1. The summed E-state index contributed by atoms with van der Waals surface area (Å²) in [5, 5.41) is 3.07. The van der Waals surface area contributed by atoms with Gasteiger partial charge in [0.1, 0.15) is 4.21 Å². The second-order valence-corrected chi connectivity index (χ2v) is 11.7. The van der Waals surface area contributed by atoms with Crippen molar-refractivity contribution >= 4 is 38.9 Å². The van der Waals surface area contributed by atoms with Crippen LogP contribution in [0.15, 0.2) is 16.3 Å². The molecule has 6 nitrogen and oxygen atoms in total. The Kier molecular flexibility index (Phi) is 7.78. The summed E-state index contributed by atoms with van der Waals surface area (Å²) in [5.74, 6) is 0.208. The van der Waals surface area contributed by atoms with Crippen LogP contribution in [0.2, 0.25) is 4.34 Å². The number of likely N-dealkylation sites (tertiary alicyclic amines) is 1. The van der Waals surface area contributed by atoms with Crippen molar-refractivity contribution in [3.63, 3.8) is 0 Å². The fourth-order valence-corrected chi connectivity index (χ4v) is 7.18. The van der Waals surface area contributed by atoms with Crippen LogP contribution in [0.5, 0.6) is 0 Å². The van der Waals surface area contributed by atoms with E-state index in [1.54, 1.807) is 12.1 Å². The second kappa shape index (κ2) is 9.89. The molecule has 9 heteroatoms. The molecule has 2 aliphatic rings. The van der Waals surface area contributed by atoms with Gasteiger partial charge in [-0.3, -0.25) is 4.79 Å². The van der Waals surface area contributed by atoms with Crippen LogP contribution < -0.4 is 5.32 Å². The number of carbonyl (C=O) groups excluding carboxylic acids is 1. The molecule has 1 N–H and O–H groups in total. The van der Waals surface area contributed by atoms with Crippen molar-refractivity contribution in [2.45, 2.75) is 43.2 Å². The average molecular weight is 448 g/mol. The first-order valence-corrected chi connectivity index (χ1v) is 12.8. The Bertz CT molecular complexity index is 754. The molecule has 0 bridgehead atoms. The van der Waals surface area contributed by atoms with Gasteiger partial charge >= 0.3 is 0 Å². The summed E-state index contributed by atoms with van der Waals surface area (Å²) in [5.41, 5.74) is 0. The minimum atomic E-state index is -3.48. The van der Waals surface area contributed by atoms with Gasteiger partial charge in [-0.15, -0.1) is 11.3 Å². The molecule has 3 rings (SSSR count). The highest BCUT2D eigenvalue weighted by molar-refractivity contribution is 7.91. The molecule has 28 heavy (non-hydrogen) atoms. The zero-order valence-electron chi connectivity index (χ0n) is 16.4. The monoisotopic (exact) mass is 447 g/mol. The second-order valence-electron chi connectivity index (χ2n) is 7.78. The van der Waals surface area contributed by atoms with Gasteiger partial charge in [0.25, 0.3) is 10.0 Å². The van der Waals surface area contributed by atoms with Gasteiger partial charge in [0.05, 0.1) is 4.34 Å². The quantitative estimate of drug-likeness (QED) is 0.697. The summed E-state index contributed by atoms with van der Waals surface area (Å²) in [4.78, 5) is 14.9. The Labute approximate surface area is 177 Å². The zero-order chi connectivity index (χ0) is 20.1. The van der Waals surface area contributed by atoms with E-state index >= 15 is 0 Å². The summed E-state index contributed by atoms with van der Waals surface area (Å²) in [6, 6.07) is 3.18. The minimum Gasteiger partial charge on any atom is -0.355 e. The van der Waals surface area contributed by atoms with Crippen molar-refractivity contribution in [1.82, 2.24) is 14.5 Å². The van der Waals surface area contributed by atoms with E-state index in [9.17, 15) is 13.2 Å². The lowest BCUT2D eigenvalue weighted by molar-refractivity contribution is -0.126. The van der Waals surface area contributed by atoms with Crippen molar-refractivity contribution in [3.8, 4) is 0 Å². The van der Waals surface area contributed by atoms with Crippen LogP contribution in [0, 0.1) is 11.8 Å². The molecule has 0 aliphatic carbocycles. The number of piperidine rings is 2. The van der Waals surface area contributed by atoms with Gasteiger partial charge in [-0.2, -0.15) is 4.31 Å². The Hall–Kier alpha value is -0.670. The van der Waals surface area contributed by atoms with Gasteiger partial charge in [0.15, 0.2) is 0 Å². The largest absolute Gasteiger partial charge is 0.355 e. The summed E-state index contributed by atoms with van der Waals surface area (Å²) in [7, 11) is -3.48. The third kappa shape index (κ3) is 5.48. The predicted octanol–water partition coefficient (Wildman–Crippen LogP) is 3.04. The predicted molar refractivity (Wildman–Crippen MR) is 113 cm³/mol.